The number of carbonyl (C=O) groups is 2. The van der Waals surface area contributed by atoms with Crippen molar-refractivity contribution in [1.29, 1.82) is 0 Å². The van der Waals surface area contributed by atoms with Crippen molar-refractivity contribution in [2.45, 2.75) is 12.8 Å². The number of methoxy groups -OCH3 is 1. The van der Waals surface area contributed by atoms with E-state index in [9.17, 15) is 9.59 Å². The van der Waals surface area contributed by atoms with Crippen molar-refractivity contribution in [3.8, 4) is 5.75 Å². The number of aliphatic carboxylic acids is 1. The van der Waals surface area contributed by atoms with E-state index in [2.05, 4.69) is 5.32 Å². The summed E-state index contributed by atoms with van der Waals surface area (Å²) < 4.78 is 10.2. The molecule has 0 aliphatic carbocycles. The molecule has 20 heavy (non-hydrogen) atoms. The van der Waals surface area contributed by atoms with Crippen LogP contribution in [-0.2, 0) is 20.7 Å². The Morgan fingerprint density at radius 2 is 1.95 bits per heavy atom. The van der Waals surface area contributed by atoms with Crippen molar-refractivity contribution in [1.82, 2.24) is 5.32 Å². The summed E-state index contributed by atoms with van der Waals surface area (Å²) in [5.74, 6) is -0.545. The predicted octanol–water partition coefficient (Wildman–Crippen LogP) is 0.845. The molecule has 0 fully saturated rings. The minimum Gasteiger partial charge on any atom is -0.484 e. The van der Waals surface area contributed by atoms with Crippen LogP contribution in [0.5, 0.6) is 5.75 Å². The third kappa shape index (κ3) is 6.75. The lowest BCUT2D eigenvalue weighted by Gasteiger charge is -2.07. The van der Waals surface area contributed by atoms with E-state index >= 15 is 0 Å². The van der Waals surface area contributed by atoms with E-state index in [0.29, 0.717) is 24.5 Å². The number of hydrogen-bond acceptors (Lipinski definition) is 4. The highest BCUT2D eigenvalue weighted by Crippen LogP contribution is 2.12. The monoisotopic (exact) mass is 281 g/mol. The van der Waals surface area contributed by atoms with E-state index in [1.165, 1.54) is 0 Å². The van der Waals surface area contributed by atoms with Gasteiger partial charge in [-0.25, -0.2) is 0 Å². The van der Waals surface area contributed by atoms with Crippen LogP contribution in [-0.4, -0.2) is 43.9 Å². The first-order valence-electron chi connectivity index (χ1n) is 6.31. The maximum absolute atomic E-state index is 11.4. The Morgan fingerprint density at radius 1 is 1.25 bits per heavy atom. The molecular formula is C14H19NO5. The fourth-order valence-electron chi connectivity index (χ4n) is 1.52. The quantitative estimate of drug-likeness (QED) is 0.655. The molecule has 0 saturated carbocycles. The van der Waals surface area contributed by atoms with E-state index in [4.69, 9.17) is 14.6 Å². The highest BCUT2D eigenvalue weighted by Gasteiger charge is 2.03. The third-order valence-electron chi connectivity index (χ3n) is 2.50. The van der Waals surface area contributed by atoms with Gasteiger partial charge in [-0.1, -0.05) is 12.1 Å². The van der Waals surface area contributed by atoms with Crippen molar-refractivity contribution < 1.29 is 24.2 Å². The Hall–Kier alpha value is -2.08. The van der Waals surface area contributed by atoms with Crippen LogP contribution in [0.15, 0.2) is 24.3 Å². The minimum atomic E-state index is -0.880. The van der Waals surface area contributed by atoms with Gasteiger partial charge in [0.1, 0.15) is 5.75 Å². The number of amides is 1. The molecule has 0 saturated heterocycles. The molecule has 0 atom stereocenters. The van der Waals surface area contributed by atoms with Gasteiger partial charge in [-0.05, 0) is 24.1 Å². The average molecular weight is 281 g/mol. The van der Waals surface area contributed by atoms with Gasteiger partial charge in [0.2, 0.25) is 0 Å². The number of benzene rings is 1. The fourth-order valence-corrected chi connectivity index (χ4v) is 1.52. The summed E-state index contributed by atoms with van der Waals surface area (Å²) in [5.41, 5.74) is 0.689. The summed E-state index contributed by atoms with van der Waals surface area (Å²) in [6.07, 6.45) is 0.729. The van der Waals surface area contributed by atoms with Gasteiger partial charge >= 0.3 is 5.97 Å². The first-order valence-corrected chi connectivity index (χ1v) is 6.31. The summed E-state index contributed by atoms with van der Waals surface area (Å²) in [7, 11) is 1.61. The first-order chi connectivity index (χ1) is 9.61. The largest absolute Gasteiger partial charge is 0.484 e. The van der Waals surface area contributed by atoms with Crippen LogP contribution >= 0.6 is 0 Å². The molecule has 6 nitrogen and oxygen atoms in total. The van der Waals surface area contributed by atoms with Gasteiger partial charge in [0.25, 0.3) is 5.91 Å². The standard InChI is InChI=1S/C14H19NO5/c1-19-8-2-7-15-13(16)10-20-12-5-3-11(4-6-12)9-14(17)18/h3-6H,2,7-10H2,1H3,(H,15,16)(H,17,18). The maximum atomic E-state index is 11.4. The van der Waals surface area contributed by atoms with Crippen LogP contribution in [0.25, 0.3) is 0 Å². The fraction of sp³-hybridized carbons (Fsp3) is 0.429. The van der Waals surface area contributed by atoms with Crippen molar-refractivity contribution >= 4 is 11.9 Å². The van der Waals surface area contributed by atoms with Crippen molar-refractivity contribution in [2.75, 3.05) is 26.9 Å². The van der Waals surface area contributed by atoms with E-state index in [1.54, 1.807) is 31.4 Å². The normalized spacial score (nSPS) is 10.1. The second-order valence-corrected chi connectivity index (χ2v) is 4.20. The Labute approximate surface area is 117 Å². The van der Waals surface area contributed by atoms with Crippen molar-refractivity contribution in [3.05, 3.63) is 29.8 Å². The molecular weight excluding hydrogens is 262 g/mol. The van der Waals surface area contributed by atoms with Crippen LogP contribution in [0.2, 0.25) is 0 Å². The van der Waals surface area contributed by atoms with E-state index in [-0.39, 0.29) is 18.9 Å². The third-order valence-corrected chi connectivity index (χ3v) is 2.50. The van der Waals surface area contributed by atoms with Crippen LogP contribution in [0.3, 0.4) is 0 Å². The summed E-state index contributed by atoms with van der Waals surface area (Å²) >= 11 is 0. The van der Waals surface area contributed by atoms with Crippen LogP contribution < -0.4 is 10.1 Å². The summed E-state index contributed by atoms with van der Waals surface area (Å²) in [4.78, 5) is 22.0. The molecule has 0 aliphatic heterocycles. The van der Waals surface area contributed by atoms with E-state index < -0.39 is 5.97 Å². The number of rotatable bonds is 9. The summed E-state index contributed by atoms with van der Waals surface area (Å²) in [6, 6.07) is 6.63. The summed E-state index contributed by atoms with van der Waals surface area (Å²) in [6.45, 7) is 1.09. The predicted molar refractivity (Wildman–Crippen MR) is 72.8 cm³/mol. The highest BCUT2D eigenvalue weighted by molar-refractivity contribution is 5.77. The molecule has 0 heterocycles. The van der Waals surface area contributed by atoms with Gasteiger partial charge < -0.3 is 19.9 Å². The molecule has 1 rings (SSSR count). The number of carboxylic acid groups (broad SMARTS) is 1. The lowest BCUT2D eigenvalue weighted by Crippen LogP contribution is -2.30. The molecule has 6 heteroatoms. The summed E-state index contributed by atoms with van der Waals surface area (Å²) in [5, 5.41) is 11.3. The van der Waals surface area contributed by atoms with E-state index in [1.807, 2.05) is 0 Å². The molecule has 1 amide bonds. The van der Waals surface area contributed by atoms with E-state index in [0.717, 1.165) is 6.42 Å². The number of ether oxygens (including phenoxy) is 2. The van der Waals surface area contributed by atoms with Gasteiger partial charge in [-0.15, -0.1) is 0 Å². The number of hydrogen-bond donors (Lipinski definition) is 2. The molecule has 1 aromatic rings. The lowest BCUT2D eigenvalue weighted by atomic mass is 10.1. The molecule has 0 spiro atoms. The van der Waals surface area contributed by atoms with Crippen molar-refractivity contribution in [3.63, 3.8) is 0 Å². The highest BCUT2D eigenvalue weighted by atomic mass is 16.5. The zero-order chi connectivity index (χ0) is 14.8. The van der Waals surface area contributed by atoms with Gasteiger partial charge in [0, 0.05) is 20.3 Å². The minimum absolute atomic E-state index is 0.0275. The molecule has 0 radical (unpaired) electrons. The zero-order valence-corrected chi connectivity index (χ0v) is 11.4. The van der Waals surface area contributed by atoms with Crippen LogP contribution in [0.1, 0.15) is 12.0 Å². The Balaban J connectivity index is 2.27. The molecule has 0 aromatic heterocycles. The first kappa shape index (κ1) is 16.0. The molecule has 0 bridgehead atoms. The number of carboxylic acids is 1. The van der Waals surface area contributed by atoms with Gasteiger partial charge in [-0.3, -0.25) is 9.59 Å². The molecule has 2 N–H and O–H groups in total. The van der Waals surface area contributed by atoms with Gasteiger partial charge in [0.15, 0.2) is 6.61 Å². The Morgan fingerprint density at radius 3 is 2.55 bits per heavy atom. The van der Waals surface area contributed by atoms with Crippen molar-refractivity contribution in [2.24, 2.45) is 0 Å². The number of carbonyl (C=O) groups excluding carboxylic acids is 1. The second-order valence-electron chi connectivity index (χ2n) is 4.20. The molecule has 110 valence electrons. The maximum Gasteiger partial charge on any atom is 0.307 e. The smallest absolute Gasteiger partial charge is 0.307 e. The Kier molecular flexibility index (Phi) is 7.13. The SMILES string of the molecule is COCCCNC(=O)COc1ccc(CC(=O)O)cc1. The molecule has 0 aliphatic rings. The topological polar surface area (TPSA) is 84.9 Å². The molecule has 1 aromatic carbocycles. The second kappa shape index (κ2) is 8.92. The molecule has 0 unspecified atom stereocenters. The van der Waals surface area contributed by atoms with Gasteiger partial charge in [0.05, 0.1) is 6.42 Å². The van der Waals surface area contributed by atoms with Crippen LogP contribution in [0, 0.1) is 0 Å². The van der Waals surface area contributed by atoms with Gasteiger partial charge in [-0.2, -0.15) is 0 Å². The zero-order valence-electron chi connectivity index (χ0n) is 11.4. The number of nitrogens with one attached hydrogen (secondary N) is 1. The lowest BCUT2D eigenvalue weighted by molar-refractivity contribution is -0.136. The van der Waals surface area contributed by atoms with Crippen LogP contribution in [0.4, 0.5) is 0 Å². The average Bonchev–Trinajstić information content (AvgIpc) is 2.42. The Bertz CT molecular complexity index is 430.